The normalized spacial score (nSPS) is 12.2. The van der Waals surface area contributed by atoms with E-state index in [0.29, 0.717) is 25.9 Å². The van der Waals surface area contributed by atoms with Gasteiger partial charge in [0.2, 0.25) is 0 Å². The molecule has 0 heterocycles. The maximum atomic E-state index is 12.4. The SMILES string of the molecule is CCCOCCC(C(=O)CC=O)c1cc(C)c(C)c(C)c1C. The fourth-order valence-electron chi connectivity index (χ4n) is 2.77. The lowest BCUT2D eigenvalue weighted by molar-refractivity contribution is -0.123. The van der Waals surface area contributed by atoms with Crippen molar-refractivity contribution >= 4 is 12.1 Å². The predicted molar refractivity (Wildman–Crippen MR) is 89.5 cm³/mol. The van der Waals surface area contributed by atoms with Crippen molar-refractivity contribution in [1.29, 1.82) is 0 Å². The van der Waals surface area contributed by atoms with E-state index in [1.54, 1.807) is 0 Å². The van der Waals surface area contributed by atoms with Crippen molar-refractivity contribution in [1.82, 2.24) is 0 Å². The Hall–Kier alpha value is -1.48. The Bertz CT molecular complexity index is 532. The average molecular weight is 304 g/mol. The maximum Gasteiger partial charge on any atom is 0.147 e. The predicted octanol–water partition coefficient (Wildman–Crippen LogP) is 3.98. The second kappa shape index (κ2) is 8.84. The highest BCUT2D eigenvalue weighted by Gasteiger charge is 2.23. The van der Waals surface area contributed by atoms with Gasteiger partial charge < -0.3 is 9.53 Å². The Kier molecular flexibility index (Phi) is 7.46. The number of aryl methyl sites for hydroxylation is 1. The molecule has 0 aliphatic carbocycles. The Morgan fingerprint density at radius 1 is 1.14 bits per heavy atom. The van der Waals surface area contributed by atoms with Crippen LogP contribution in [0.4, 0.5) is 0 Å². The van der Waals surface area contributed by atoms with Crippen molar-refractivity contribution in [2.75, 3.05) is 13.2 Å². The summed E-state index contributed by atoms with van der Waals surface area (Å²) >= 11 is 0. The molecule has 1 atom stereocenters. The van der Waals surface area contributed by atoms with Crippen LogP contribution in [0.1, 0.15) is 59.9 Å². The summed E-state index contributed by atoms with van der Waals surface area (Å²) < 4.78 is 5.55. The number of hydrogen-bond donors (Lipinski definition) is 0. The first-order chi connectivity index (χ1) is 10.4. The van der Waals surface area contributed by atoms with Crippen molar-refractivity contribution < 1.29 is 14.3 Å². The molecule has 122 valence electrons. The number of Topliss-reactive ketones (excluding diaryl/α,β-unsaturated/α-hetero) is 1. The molecule has 22 heavy (non-hydrogen) atoms. The highest BCUT2D eigenvalue weighted by molar-refractivity contribution is 5.94. The molecule has 0 saturated carbocycles. The lowest BCUT2D eigenvalue weighted by atomic mass is 9.83. The molecule has 1 aromatic carbocycles. The largest absolute Gasteiger partial charge is 0.381 e. The lowest BCUT2D eigenvalue weighted by Crippen LogP contribution is -2.17. The zero-order valence-corrected chi connectivity index (χ0v) is 14.5. The molecule has 1 aromatic rings. The van der Waals surface area contributed by atoms with Crippen LogP contribution in [0.3, 0.4) is 0 Å². The van der Waals surface area contributed by atoms with Gasteiger partial charge in [0.25, 0.3) is 0 Å². The monoisotopic (exact) mass is 304 g/mol. The maximum absolute atomic E-state index is 12.4. The van der Waals surface area contributed by atoms with Gasteiger partial charge in [0.1, 0.15) is 12.1 Å². The third-order valence-corrected chi connectivity index (χ3v) is 4.47. The standard InChI is InChI=1S/C19H28O3/c1-6-10-22-11-8-17(19(21)7-9-20)18-12-13(2)14(3)15(4)16(18)5/h9,12,17H,6-8,10-11H2,1-5H3. The molecule has 0 amide bonds. The van der Waals surface area contributed by atoms with E-state index in [9.17, 15) is 9.59 Å². The van der Waals surface area contributed by atoms with Crippen LogP contribution in [-0.4, -0.2) is 25.3 Å². The summed E-state index contributed by atoms with van der Waals surface area (Å²) in [4.78, 5) is 23.1. The summed E-state index contributed by atoms with van der Waals surface area (Å²) in [6.45, 7) is 11.6. The second-order valence-electron chi connectivity index (χ2n) is 5.95. The summed E-state index contributed by atoms with van der Waals surface area (Å²) in [5.41, 5.74) is 5.89. The van der Waals surface area contributed by atoms with Crippen LogP contribution in [0, 0.1) is 27.7 Å². The summed E-state index contributed by atoms with van der Waals surface area (Å²) in [5.74, 6) is -0.263. The minimum absolute atomic E-state index is 0.0131. The molecule has 0 bridgehead atoms. The van der Waals surface area contributed by atoms with Gasteiger partial charge in [-0.3, -0.25) is 4.79 Å². The number of rotatable bonds is 9. The summed E-state index contributed by atoms with van der Waals surface area (Å²) in [6, 6.07) is 2.10. The number of carbonyl (C=O) groups is 2. The average Bonchev–Trinajstić information content (AvgIpc) is 2.49. The zero-order valence-electron chi connectivity index (χ0n) is 14.5. The number of benzene rings is 1. The lowest BCUT2D eigenvalue weighted by Gasteiger charge is -2.21. The van der Waals surface area contributed by atoms with Gasteiger partial charge in [-0.2, -0.15) is 0 Å². The fourth-order valence-corrected chi connectivity index (χ4v) is 2.77. The van der Waals surface area contributed by atoms with Crippen molar-refractivity contribution in [3.8, 4) is 0 Å². The first kappa shape index (κ1) is 18.6. The molecular weight excluding hydrogens is 276 g/mol. The number of aldehydes is 1. The Labute approximate surface area is 134 Å². The van der Waals surface area contributed by atoms with Crippen molar-refractivity contribution in [3.05, 3.63) is 33.9 Å². The Morgan fingerprint density at radius 2 is 1.82 bits per heavy atom. The topological polar surface area (TPSA) is 43.4 Å². The highest BCUT2D eigenvalue weighted by Crippen LogP contribution is 2.30. The van der Waals surface area contributed by atoms with E-state index in [1.807, 2.05) is 0 Å². The first-order valence-corrected chi connectivity index (χ1v) is 8.05. The molecule has 0 aliphatic heterocycles. The molecule has 0 saturated heterocycles. The molecule has 0 fully saturated rings. The number of hydrogen-bond acceptors (Lipinski definition) is 3. The molecule has 0 aliphatic rings. The quantitative estimate of drug-likeness (QED) is 0.394. The van der Waals surface area contributed by atoms with Crippen molar-refractivity contribution in [2.24, 2.45) is 0 Å². The minimum Gasteiger partial charge on any atom is -0.381 e. The fraction of sp³-hybridized carbons (Fsp3) is 0.579. The van der Waals surface area contributed by atoms with Crippen LogP contribution in [-0.2, 0) is 14.3 Å². The van der Waals surface area contributed by atoms with Gasteiger partial charge in [-0.15, -0.1) is 0 Å². The molecule has 0 spiro atoms. The molecule has 3 nitrogen and oxygen atoms in total. The van der Waals surface area contributed by atoms with Gasteiger partial charge in [-0.25, -0.2) is 0 Å². The molecule has 1 rings (SSSR count). The van der Waals surface area contributed by atoms with Gasteiger partial charge in [-0.1, -0.05) is 13.0 Å². The number of ether oxygens (including phenoxy) is 1. The van der Waals surface area contributed by atoms with E-state index in [1.165, 1.54) is 16.7 Å². The van der Waals surface area contributed by atoms with E-state index >= 15 is 0 Å². The summed E-state index contributed by atoms with van der Waals surface area (Å²) in [7, 11) is 0. The van der Waals surface area contributed by atoms with E-state index in [4.69, 9.17) is 4.74 Å². The van der Waals surface area contributed by atoms with Crippen LogP contribution < -0.4 is 0 Å². The molecule has 0 radical (unpaired) electrons. The van der Waals surface area contributed by atoms with Crippen LogP contribution >= 0.6 is 0 Å². The van der Waals surface area contributed by atoms with Crippen molar-refractivity contribution in [2.45, 2.75) is 59.8 Å². The molecule has 1 unspecified atom stereocenters. The van der Waals surface area contributed by atoms with Gasteiger partial charge in [0.05, 0.1) is 6.42 Å². The van der Waals surface area contributed by atoms with Crippen LogP contribution in [0.5, 0.6) is 0 Å². The minimum atomic E-state index is -0.250. The first-order valence-electron chi connectivity index (χ1n) is 8.05. The number of ketones is 1. The van der Waals surface area contributed by atoms with Crippen molar-refractivity contribution in [3.63, 3.8) is 0 Å². The Balaban J connectivity index is 3.10. The smallest absolute Gasteiger partial charge is 0.147 e. The van der Waals surface area contributed by atoms with Gasteiger partial charge in [0.15, 0.2) is 0 Å². The van der Waals surface area contributed by atoms with Crippen LogP contribution in [0.15, 0.2) is 6.07 Å². The van der Waals surface area contributed by atoms with Crippen LogP contribution in [0.2, 0.25) is 0 Å². The molecule has 0 N–H and O–H groups in total. The van der Waals surface area contributed by atoms with E-state index in [2.05, 4.69) is 40.7 Å². The van der Waals surface area contributed by atoms with E-state index in [0.717, 1.165) is 17.5 Å². The summed E-state index contributed by atoms with van der Waals surface area (Å²) in [5, 5.41) is 0. The van der Waals surface area contributed by atoms with Gasteiger partial charge in [0, 0.05) is 19.1 Å². The van der Waals surface area contributed by atoms with E-state index in [-0.39, 0.29) is 18.1 Å². The third-order valence-electron chi connectivity index (χ3n) is 4.47. The second-order valence-corrected chi connectivity index (χ2v) is 5.95. The van der Waals surface area contributed by atoms with Gasteiger partial charge >= 0.3 is 0 Å². The third kappa shape index (κ3) is 4.51. The highest BCUT2D eigenvalue weighted by atomic mass is 16.5. The molecular formula is C19H28O3. The summed E-state index contributed by atoms with van der Waals surface area (Å²) in [6.07, 6.45) is 2.28. The van der Waals surface area contributed by atoms with Gasteiger partial charge in [-0.05, 0) is 68.4 Å². The zero-order chi connectivity index (χ0) is 16.7. The molecule has 0 aromatic heterocycles. The molecule has 3 heteroatoms. The Morgan fingerprint density at radius 3 is 2.41 bits per heavy atom. The van der Waals surface area contributed by atoms with E-state index < -0.39 is 0 Å². The number of carbonyl (C=O) groups excluding carboxylic acids is 2. The van der Waals surface area contributed by atoms with Crippen LogP contribution in [0.25, 0.3) is 0 Å².